The second-order valence-electron chi connectivity index (χ2n) is 7.70. The number of halogens is 1. The number of benzene rings is 3. The number of carboxylic acids is 1. The van der Waals surface area contributed by atoms with Gasteiger partial charge in [-0.15, -0.1) is 0 Å². The molecule has 0 bridgehead atoms. The van der Waals surface area contributed by atoms with Crippen LogP contribution in [0.1, 0.15) is 44.6 Å². The van der Waals surface area contributed by atoms with E-state index in [2.05, 4.69) is 17.4 Å². The number of hydrogen-bond donors (Lipinski definition) is 2. The van der Waals surface area contributed by atoms with E-state index in [-0.39, 0.29) is 29.1 Å². The van der Waals surface area contributed by atoms with Crippen molar-refractivity contribution in [3.63, 3.8) is 0 Å². The van der Waals surface area contributed by atoms with Crippen molar-refractivity contribution in [3.8, 4) is 0 Å². The molecule has 2 aliphatic rings. The summed E-state index contributed by atoms with van der Waals surface area (Å²) in [5.41, 5.74) is 4.61. The van der Waals surface area contributed by atoms with Crippen LogP contribution in [0, 0.1) is 16.0 Å². The average Bonchev–Trinajstić information content (AvgIpc) is 3.13. The molecule has 0 aromatic heterocycles. The largest absolute Gasteiger partial charge is 0.478 e. The van der Waals surface area contributed by atoms with Gasteiger partial charge in [-0.2, -0.15) is 0 Å². The van der Waals surface area contributed by atoms with Crippen molar-refractivity contribution in [2.75, 3.05) is 5.32 Å². The van der Waals surface area contributed by atoms with Gasteiger partial charge in [-0.1, -0.05) is 48.0 Å². The highest BCUT2D eigenvalue weighted by Gasteiger charge is 2.45. The van der Waals surface area contributed by atoms with E-state index in [1.54, 1.807) is 12.1 Å². The number of aromatic carboxylic acids is 1. The second kappa shape index (κ2) is 6.85. The monoisotopic (exact) mass is 420 g/mol. The van der Waals surface area contributed by atoms with Gasteiger partial charge in [-0.25, -0.2) is 4.79 Å². The lowest BCUT2D eigenvalue weighted by Gasteiger charge is -2.38. The molecule has 0 spiro atoms. The lowest BCUT2D eigenvalue weighted by molar-refractivity contribution is -0.384. The van der Waals surface area contributed by atoms with Gasteiger partial charge in [0.25, 0.3) is 5.69 Å². The number of nitrogens with one attached hydrogen (secondary N) is 1. The van der Waals surface area contributed by atoms with Crippen LogP contribution in [0.5, 0.6) is 0 Å². The number of carbonyl (C=O) groups is 1. The van der Waals surface area contributed by atoms with Crippen LogP contribution in [0.4, 0.5) is 11.4 Å². The van der Waals surface area contributed by atoms with E-state index in [4.69, 9.17) is 11.6 Å². The SMILES string of the molecule is O=C(O)c1cccc2c1N[C@H](c1cc([N+](=O)[O-])ccc1Cl)[C@H]1Cc3ccccc3[C@@H]21. The molecule has 7 heteroatoms. The molecule has 3 atom stereocenters. The highest BCUT2D eigenvalue weighted by Crippen LogP contribution is 2.55. The molecule has 3 aromatic carbocycles. The lowest BCUT2D eigenvalue weighted by Crippen LogP contribution is -2.31. The molecular formula is C23H17ClN2O4. The van der Waals surface area contributed by atoms with Crippen LogP contribution in [0.3, 0.4) is 0 Å². The van der Waals surface area contributed by atoms with E-state index < -0.39 is 10.9 Å². The predicted molar refractivity (Wildman–Crippen MR) is 113 cm³/mol. The molecule has 6 nitrogen and oxygen atoms in total. The van der Waals surface area contributed by atoms with Crippen molar-refractivity contribution in [1.29, 1.82) is 0 Å². The van der Waals surface area contributed by atoms with Gasteiger partial charge in [0.1, 0.15) is 0 Å². The minimum atomic E-state index is -1.02. The summed E-state index contributed by atoms with van der Waals surface area (Å²) in [6.45, 7) is 0. The fraction of sp³-hybridized carbons (Fsp3) is 0.174. The van der Waals surface area contributed by atoms with Crippen LogP contribution < -0.4 is 5.32 Å². The van der Waals surface area contributed by atoms with Crippen LogP contribution in [0.2, 0.25) is 5.02 Å². The Balaban J connectivity index is 1.74. The normalized spacial score (nSPS) is 21.2. The highest BCUT2D eigenvalue weighted by atomic mass is 35.5. The molecule has 30 heavy (non-hydrogen) atoms. The van der Waals surface area contributed by atoms with Crippen LogP contribution in [-0.4, -0.2) is 16.0 Å². The summed E-state index contributed by atoms with van der Waals surface area (Å²) in [6.07, 6.45) is 0.772. The zero-order valence-electron chi connectivity index (χ0n) is 15.7. The van der Waals surface area contributed by atoms with Crippen LogP contribution >= 0.6 is 11.6 Å². The third kappa shape index (κ3) is 2.75. The van der Waals surface area contributed by atoms with Gasteiger partial charge in [0.05, 0.1) is 22.2 Å². The number of non-ortho nitro benzene ring substituents is 1. The minimum Gasteiger partial charge on any atom is -0.478 e. The third-order valence-electron chi connectivity index (χ3n) is 6.19. The summed E-state index contributed by atoms with van der Waals surface area (Å²) in [6, 6.07) is 17.5. The average molecular weight is 421 g/mol. The first-order valence-electron chi connectivity index (χ1n) is 9.60. The Morgan fingerprint density at radius 2 is 1.83 bits per heavy atom. The number of hydrogen-bond acceptors (Lipinski definition) is 4. The molecule has 0 amide bonds. The Labute approximate surface area is 177 Å². The number of anilines is 1. The highest BCUT2D eigenvalue weighted by molar-refractivity contribution is 6.31. The Morgan fingerprint density at radius 1 is 1.07 bits per heavy atom. The maximum Gasteiger partial charge on any atom is 0.337 e. The molecule has 1 aliphatic heterocycles. The number of nitro groups is 1. The van der Waals surface area contributed by atoms with Gasteiger partial charge in [-0.05, 0) is 41.2 Å². The first-order valence-corrected chi connectivity index (χ1v) is 9.98. The van der Waals surface area contributed by atoms with E-state index in [0.29, 0.717) is 16.3 Å². The van der Waals surface area contributed by atoms with E-state index in [1.807, 2.05) is 18.2 Å². The first kappa shape index (κ1) is 18.6. The van der Waals surface area contributed by atoms with Gasteiger partial charge in [0.2, 0.25) is 0 Å². The van der Waals surface area contributed by atoms with Crippen molar-refractivity contribution in [1.82, 2.24) is 0 Å². The van der Waals surface area contributed by atoms with Crippen molar-refractivity contribution >= 4 is 28.9 Å². The molecule has 1 aliphatic carbocycles. The molecule has 0 unspecified atom stereocenters. The summed E-state index contributed by atoms with van der Waals surface area (Å²) in [7, 11) is 0. The molecule has 0 radical (unpaired) electrons. The zero-order chi connectivity index (χ0) is 21.0. The van der Waals surface area contributed by atoms with E-state index >= 15 is 0 Å². The Morgan fingerprint density at radius 3 is 2.60 bits per heavy atom. The summed E-state index contributed by atoms with van der Waals surface area (Å²) in [5.74, 6) is -0.983. The van der Waals surface area contributed by atoms with Crippen molar-refractivity contribution in [2.45, 2.75) is 18.4 Å². The number of carboxylic acid groups (broad SMARTS) is 1. The Kier molecular flexibility index (Phi) is 4.25. The molecule has 150 valence electrons. The Hall–Kier alpha value is -3.38. The third-order valence-corrected chi connectivity index (χ3v) is 6.53. The fourth-order valence-corrected chi connectivity index (χ4v) is 5.19. The summed E-state index contributed by atoms with van der Waals surface area (Å²) < 4.78 is 0. The summed E-state index contributed by atoms with van der Waals surface area (Å²) in [5, 5.41) is 24.9. The van der Waals surface area contributed by atoms with Gasteiger partial charge < -0.3 is 10.4 Å². The van der Waals surface area contributed by atoms with Crippen LogP contribution in [-0.2, 0) is 6.42 Å². The fourth-order valence-electron chi connectivity index (χ4n) is 4.96. The second-order valence-corrected chi connectivity index (χ2v) is 8.11. The molecule has 0 saturated heterocycles. The number of nitrogens with zero attached hydrogens (tertiary/aromatic N) is 1. The number of fused-ring (bicyclic) bond motifs is 5. The number of nitro benzene ring substituents is 1. The quantitative estimate of drug-likeness (QED) is 0.436. The first-order chi connectivity index (χ1) is 14.5. The van der Waals surface area contributed by atoms with E-state index in [1.165, 1.54) is 29.3 Å². The molecule has 3 aromatic rings. The standard InChI is InChI=1S/C23H17ClN2O4/c24-19-9-8-13(26(29)30)11-17(19)22-18-10-12-4-1-2-5-14(12)20(18)15-6-3-7-16(23(27)28)21(15)25-22/h1-9,11,18,20,22,25H,10H2,(H,27,28)/t18-,20-,22+/m0/s1. The Bertz CT molecular complexity index is 1210. The zero-order valence-corrected chi connectivity index (χ0v) is 16.5. The predicted octanol–water partition coefficient (Wildman–Crippen LogP) is 5.42. The molecule has 2 N–H and O–H groups in total. The smallest absolute Gasteiger partial charge is 0.337 e. The topological polar surface area (TPSA) is 92.5 Å². The molecule has 0 fully saturated rings. The van der Waals surface area contributed by atoms with Crippen molar-refractivity contribution < 1.29 is 14.8 Å². The van der Waals surface area contributed by atoms with E-state index in [0.717, 1.165) is 12.0 Å². The van der Waals surface area contributed by atoms with Gasteiger partial charge in [0, 0.05) is 28.6 Å². The van der Waals surface area contributed by atoms with Gasteiger partial charge in [-0.3, -0.25) is 10.1 Å². The van der Waals surface area contributed by atoms with Crippen molar-refractivity contribution in [2.24, 2.45) is 5.92 Å². The minimum absolute atomic E-state index is 0.0166. The van der Waals surface area contributed by atoms with Crippen LogP contribution in [0.15, 0.2) is 60.7 Å². The summed E-state index contributed by atoms with van der Waals surface area (Å²) >= 11 is 6.49. The van der Waals surface area contributed by atoms with Gasteiger partial charge in [0.15, 0.2) is 0 Å². The van der Waals surface area contributed by atoms with Crippen molar-refractivity contribution in [3.05, 3.63) is 104 Å². The van der Waals surface area contributed by atoms with Crippen LogP contribution in [0.25, 0.3) is 0 Å². The maximum absolute atomic E-state index is 11.9. The lowest BCUT2D eigenvalue weighted by atomic mass is 9.75. The summed E-state index contributed by atoms with van der Waals surface area (Å²) in [4.78, 5) is 22.8. The number of para-hydroxylation sites is 1. The molecule has 0 saturated carbocycles. The molecule has 1 heterocycles. The van der Waals surface area contributed by atoms with Gasteiger partial charge >= 0.3 is 5.97 Å². The number of rotatable bonds is 3. The maximum atomic E-state index is 11.9. The molecule has 5 rings (SSSR count). The molecular weight excluding hydrogens is 404 g/mol. The van der Waals surface area contributed by atoms with E-state index in [9.17, 15) is 20.0 Å².